The van der Waals surface area contributed by atoms with Gasteiger partial charge in [0.2, 0.25) is 0 Å². The number of methoxy groups -OCH3 is 1. The smallest absolute Gasteiger partial charge is 0.0606 e. The number of aliphatic hydroxyl groups is 1. The van der Waals surface area contributed by atoms with Crippen molar-refractivity contribution in [3.8, 4) is 0 Å². The van der Waals surface area contributed by atoms with Gasteiger partial charge in [-0.25, -0.2) is 0 Å². The first-order valence-corrected chi connectivity index (χ1v) is 8.02. The van der Waals surface area contributed by atoms with Crippen LogP contribution in [0.2, 0.25) is 0 Å². The first kappa shape index (κ1) is 16.1. The summed E-state index contributed by atoms with van der Waals surface area (Å²) in [6, 6.07) is 9.02. The van der Waals surface area contributed by atoms with Crippen LogP contribution in [-0.4, -0.2) is 44.1 Å². The second-order valence-electron chi connectivity index (χ2n) is 5.72. The van der Waals surface area contributed by atoms with Crippen molar-refractivity contribution in [3.63, 3.8) is 0 Å². The fourth-order valence-electron chi connectivity index (χ4n) is 3.08. The van der Waals surface area contributed by atoms with Gasteiger partial charge in [-0.2, -0.15) is 0 Å². The van der Waals surface area contributed by atoms with Crippen LogP contribution in [0.1, 0.15) is 32.6 Å². The fourth-order valence-corrected chi connectivity index (χ4v) is 3.08. The summed E-state index contributed by atoms with van der Waals surface area (Å²) in [5, 5.41) is 12.7. The Balaban J connectivity index is 1.92. The first-order valence-electron chi connectivity index (χ1n) is 8.02. The highest BCUT2D eigenvalue weighted by Gasteiger charge is 2.21. The lowest BCUT2D eigenvalue weighted by atomic mass is 9.92. The van der Waals surface area contributed by atoms with Crippen molar-refractivity contribution in [3.05, 3.63) is 24.3 Å². The normalized spacial score (nSPS) is 22.0. The van der Waals surface area contributed by atoms with E-state index in [9.17, 15) is 0 Å². The first-order chi connectivity index (χ1) is 10.3. The van der Waals surface area contributed by atoms with Crippen LogP contribution in [0, 0.1) is 0 Å². The largest absolute Gasteiger partial charge is 0.395 e. The van der Waals surface area contributed by atoms with Crippen LogP contribution in [-0.2, 0) is 4.74 Å². The van der Waals surface area contributed by atoms with Crippen LogP contribution >= 0.6 is 0 Å². The Labute approximate surface area is 128 Å². The van der Waals surface area contributed by atoms with Gasteiger partial charge in [-0.3, -0.25) is 0 Å². The van der Waals surface area contributed by atoms with Crippen molar-refractivity contribution in [1.82, 2.24) is 0 Å². The molecule has 1 aromatic rings. The maximum absolute atomic E-state index is 9.08. The topological polar surface area (TPSA) is 44.7 Å². The van der Waals surface area contributed by atoms with Crippen molar-refractivity contribution in [1.29, 1.82) is 0 Å². The van der Waals surface area contributed by atoms with Gasteiger partial charge in [-0.1, -0.05) is 0 Å². The molecule has 2 N–H and O–H groups in total. The Morgan fingerprint density at radius 2 is 2.05 bits per heavy atom. The number of aliphatic hydroxyl groups excluding tert-OH is 1. The van der Waals surface area contributed by atoms with Gasteiger partial charge in [-0.15, -0.1) is 0 Å². The summed E-state index contributed by atoms with van der Waals surface area (Å²) >= 11 is 0. The molecule has 2 unspecified atom stereocenters. The Morgan fingerprint density at radius 3 is 2.67 bits per heavy atom. The fraction of sp³-hybridized carbons (Fsp3) is 0.647. The quantitative estimate of drug-likeness (QED) is 0.811. The van der Waals surface area contributed by atoms with Gasteiger partial charge in [0.1, 0.15) is 0 Å². The lowest BCUT2D eigenvalue weighted by molar-refractivity contribution is 0.0669. The number of likely N-dealkylation sites (N-methyl/N-ethyl adjacent to an activating group) is 1. The summed E-state index contributed by atoms with van der Waals surface area (Å²) in [5.74, 6) is 0. The molecule has 118 valence electrons. The molecule has 0 amide bonds. The third-order valence-corrected chi connectivity index (χ3v) is 4.31. The predicted octanol–water partition coefficient (Wildman–Crippen LogP) is 2.87. The molecule has 0 bridgehead atoms. The van der Waals surface area contributed by atoms with Gasteiger partial charge in [0.15, 0.2) is 0 Å². The molecule has 0 aromatic heterocycles. The van der Waals surface area contributed by atoms with Crippen LogP contribution in [0.25, 0.3) is 0 Å². The van der Waals surface area contributed by atoms with E-state index in [1.54, 1.807) is 0 Å². The van der Waals surface area contributed by atoms with Crippen LogP contribution < -0.4 is 10.2 Å². The number of rotatable bonds is 7. The maximum atomic E-state index is 9.08. The van der Waals surface area contributed by atoms with E-state index in [1.807, 2.05) is 7.11 Å². The summed E-state index contributed by atoms with van der Waals surface area (Å²) in [6.07, 6.45) is 5.11. The van der Waals surface area contributed by atoms with Crippen LogP contribution in [0.5, 0.6) is 0 Å². The van der Waals surface area contributed by atoms with Gasteiger partial charge in [0.05, 0.1) is 12.7 Å². The number of nitrogens with zero attached hydrogens (tertiary/aromatic N) is 1. The molecule has 21 heavy (non-hydrogen) atoms. The van der Waals surface area contributed by atoms with E-state index in [0.29, 0.717) is 18.7 Å². The van der Waals surface area contributed by atoms with Crippen molar-refractivity contribution >= 4 is 11.4 Å². The Morgan fingerprint density at radius 1 is 1.29 bits per heavy atom. The Bertz CT molecular complexity index is 408. The number of hydrogen-bond acceptors (Lipinski definition) is 4. The van der Waals surface area contributed by atoms with E-state index < -0.39 is 0 Å². The number of ether oxygens (including phenoxy) is 1. The van der Waals surface area contributed by atoms with Crippen LogP contribution in [0.4, 0.5) is 11.4 Å². The predicted molar refractivity (Wildman–Crippen MR) is 88.1 cm³/mol. The second-order valence-corrected chi connectivity index (χ2v) is 5.72. The number of anilines is 2. The zero-order valence-electron chi connectivity index (χ0n) is 13.2. The summed E-state index contributed by atoms with van der Waals surface area (Å²) in [6.45, 7) is 3.88. The van der Waals surface area contributed by atoms with E-state index >= 15 is 0 Å². The minimum Gasteiger partial charge on any atom is -0.395 e. The summed E-state index contributed by atoms with van der Waals surface area (Å²) in [5.41, 5.74) is 2.33. The monoisotopic (exact) mass is 292 g/mol. The molecule has 0 radical (unpaired) electrons. The third-order valence-electron chi connectivity index (χ3n) is 4.31. The minimum absolute atomic E-state index is 0.189. The lowest BCUT2D eigenvalue weighted by Crippen LogP contribution is -2.31. The highest BCUT2D eigenvalue weighted by molar-refractivity contribution is 5.55. The molecule has 1 aliphatic carbocycles. The molecular formula is C17H28N2O2. The highest BCUT2D eigenvalue weighted by atomic mass is 16.5. The molecular weight excluding hydrogens is 264 g/mol. The van der Waals surface area contributed by atoms with E-state index in [4.69, 9.17) is 9.84 Å². The van der Waals surface area contributed by atoms with Crippen molar-refractivity contribution in [2.45, 2.75) is 44.8 Å². The highest BCUT2D eigenvalue weighted by Crippen LogP contribution is 2.25. The molecule has 0 aliphatic heterocycles. The van der Waals surface area contributed by atoms with Crippen molar-refractivity contribution < 1.29 is 9.84 Å². The third kappa shape index (κ3) is 4.61. The standard InChI is InChI=1S/C17H28N2O2/c1-3-19(11-12-20)16-9-7-14(8-10-16)18-15-5-4-6-17(13-15)21-2/h7-10,15,17-18,20H,3-6,11-13H2,1-2H3. The van der Waals surface area contributed by atoms with Gasteiger partial charge in [-0.05, 0) is 56.9 Å². The Hall–Kier alpha value is -1.26. The van der Waals surface area contributed by atoms with E-state index in [1.165, 1.54) is 24.9 Å². The van der Waals surface area contributed by atoms with Gasteiger partial charge < -0.3 is 20.1 Å². The molecule has 4 heteroatoms. The number of benzene rings is 1. The Kier molecular flexibility index (Phi) is 6.33. The molecule has 1 aliphatic rings. The average molecular weight is 292 g/mol. The summed E-state index contributed by atoms with van der Waals surface area (Å²) < 4.78 is 5.48. The lowest BCUT2D eigenvalue weighted by Gasteiger charge is -2.29. The molecule has 0 saturated heterocycles. The van der Waals surface area contributed by atoms with E-state index in [0.717, 1.165) is 18.7 Å². The molecule has 2 rings (SSSR count). The molecule has 4 nitrogen and oxygen atoms in total. The zero-order valence-corrected chi connectivity index (χ0v) is 13.2. The second kappa shape index (κ2) is 8.25. The molecule has 0 heterocycles. The SMILES string of the molecule is CCN(CCO)c1ccc(NC2CCCC(OC)C2)cc1. The van der Waals surface area contributed by atoms with E-state index in [2.05, 4.69) is 41.4 Å². The van der Waals surface area contributed by atoms with Crippen LogP contribution in [0.3, 0.4) is 0 Å². The molecule has 2 atom stereocenters. The summed E-state index contributed by atoms with van der Waals surface area (Å²) in [7, 11) is 1.81. The van der Waals surface area contributed by atoms with Crippen molar-refractivity contribution in [2.24, 2.45) is 0 Å². The maximum Gasteiger partial charge on any atom is 0.0606 e. The minimum atomic E-state index is 0.189. The van der Waals surface area contributed by atoms with Gasteiger partial charge >= 0.3 is 0 Å². The number of nitrogens with one attached hydrogen (secondary N) is 1. The molecule has 1 saturated carbocycles. The van der Waals surface area contributed by atoms with Gasteiger partial charge in [0, 0.05) is 37.6 Å². The number of hydrogen-bond donors (Lipinski definition) is 2. The van der Waals surface area contributed by atoms with Crippen LogP contribution in [0.15, 0.2) is 24.3 Å². The molecule has 1 fully saturated rings. The summed E-state index contributed by atoms with van der Waals surface area (Å²) in [4.78, 5) is 2.17. The molecule has 0 spiro atoms. The van der Waals surface area contributed by atoms with E-state index in [-0.39, 0.29) is 6.61 Å². The average Bonchev–Trinajstić information content (AvgIpc) is 2.54. The van der Waals surface area contributed by atoms with Gasteiger partial charge in [0.25, 0.3) is 0 Å². The van der Waals surface area contributed by atoms with Crippen molar-refractivity contribution in [2.75, 3.05) is 37.0 Å². The zero-order chi connectivity index (χ0) is 15.1. The molecule has 1 aromatic carbocycles.